The van der Waals surface area contributed by atoms with E-state index in [9.17, 15) is 9.59 Å². The van der Waals surface area contributed by atoms with Gasteiger partial charge in [-0.05, 0) is 37.1 Å². The molecule has 1 N–H and O–H groups in total. The van der Waals surface area contributed by atoms with Gasteiger partial charge in [0.05, 0.1) is 22.9 Å². The quantitative estimate of drug-likeness (QED) is 0.474. The van der Waals surface area contributed by atoms with Crippen molar-refractivity contribution in [3.8, 4) is 0 Å². The van der Waals surface area contributed by atoms with Gasteiger partial charge in [-0.1, -0.05) is 30.3 Å². The van der Waals surface area contributed by atoms with Gasteiger partial charge in [0.15, 0.2) is 5.60 Å². The molecule has 8 nitrogen and oxygen atoms in total. The van der Waals surface area contributed by atoms with Crippen molar-refractivity contribution in [3.63, 3.8) is 0 Å². The van der Waals surface area contributed by atoms with Gasteiger partial charge in [0.25, 0.3) is 5.91 Å². The molecule has 3 heterocycles. The summed E-state index contributed by atoms with van der Waals surface area (Å²) in [6.07, 6.45) is 6.60. The number of aryl methyl sites for hydroxylation is 2. The number of esters is 1. The second-order valence-corrected chi connectivity index (χ2v) is 8.14. The predicted octanol–water partition coefficient (Wildman–Crippen LogP) is 3.43. The summed E-state index contributed by atoms with van der Waals surface area (Å²) >= 11 is 0. The highest BCUT2D eigenvalue weighted by atomic mass is 16.6. The fourth-order valence-corrected chi connectivity index (χ4v) is 4.12. The largest absolute Gasteiger partial charge is 0.445 e. The SMILES string of the molecule is CC1(C(=O)Nc2nc3ccccc3n2CCCn2ccnc2)Cc2ccccc2C(=O)O1. The van der Waals surface area contributed by atoms with Crippen LogP contribution in [-0.4, -0.2) is 36.6 Å². The van der Waals surface area contributed by atoms with Gasteiger partial charge in [-0.2, -0.15) is 0 Å². The first-order valence-electron chi connectivity index (χ1n) is 10.6. The van der Waals surface area contributed by atoms with E-state index in [-0.39, 0.29) is 0 Å². The van der Waals surface area contributed by atoms with Gasteiger partial charge in [0.1, 0.15) is 0 Å². The number of rotatable bonds is 6. The van der Waals surface area contributed by atoms with Gasteiger partial charge in [-0.3, -0.25) is 10.1 Å². The van der Waals surface area contributed by atoms with Crippen LogP contribution in [0.2, 0.25) is 0 Å². The van der Waals surface area contributed by atoms with Gasteiger partial charge in [-0.25, -0.2) is 14.8 Å². The monoisotopic (exact) mass is 429 g/mol. The highest BCUT2D eigenvalue weighted by Gasteiger charge is 2.43. The number of carbonyl (C=O) groups excluding carboxylic acids is 2. The molecule has 32 heavy (non-hydrogen) atoms. The number of nitrogens with one attached hydrogen (secondary N) is 1. The van der Waals surface area contributed by atoms with Crippen LogP contribution in [0, 0.1) is 0 Å². The first-order chi connectivity index (χ1) is 15.5. The zero-order valence-electron chi connectivity index (χ0n) is 17.7. The van der Waals surface area contributed by atoms with E-state index >= 15 is 0 Å². The van der Waals surface area contributed by atoms with Crippen LogP contribution in [0.1, 0.15) is 29.3 Å². The van der Waals surface area contributed by atoms with E-state index in [1.807, 2.05) is 51.7 Å². The maximum Gasteiger partial charge on any atom is 0.339 e. The first kappa shape index (κ1) is 20.0. The minimum Gasteiger partial charge on any atom is -0.445 e. The molecular weight excluding hydrogens is 406 g/mol. The van der Waals surface area contributed by atoms with Crippen molar-refractivity contribution >= 4 is 28.9 Å². The number of benzene rings is 2. The second-order valence-electron chi connectivity index (χ2n) is 8.14. The van der Waals surface area contributed by atoms with Crippen LogP contribution >= 0.6 is 0 Å². The molecule has 1 aliphatic rings. The topological polar surface area (TPSA) is 91.0 Å². The molecule has 0 saturated carbocycles. The van der Waals surface area contributed by atoms with Crippen LogP contribution < -0.4 is 5.32 Å². The Morgan fingerprint density at radius 2 is 1.97 bits per heavy atom. The zero-order chi connectivity index (χ0) is 22.1. The van der Waals surface area contributed by atoms with Crippen LogP contribution in [0.3, 0.4) is 0 Å². The van der Waals surface area contributed by atoms with Crippen molar-refractivity contribution in [2.75, 3.05) is 5.32 Å². The molecule has 1 amide bonds. The Morgan fingerprint density at radius 3 is 2.81 bits per heavy atom. The fraction of sp³-hybridized carbons (Fsp3) is 0.250. The van der Waals surface area contributed by atoms with Gasteiger partial charge in [0.2, 0.25) is 5.95 Å². The second kappa shape index (κ2) is 7.96. The van der Waals surface area contributed by atoms with Crippen LogP contribution in [0.15, 0.2) is 67.3 Å². The van der Waals surface area contributed by atoms with Gasteiger partial charge >= 0.3 is 5.97 Å². The Kier molecular flexibility index (Phi) is 4.97. The molecule has 5 rings (SSSR count). The molecule has 0 bridgehead atoms. The number of nitrogens with zero attached hydrogens (tertiary/aromatic N) is 4. The molecule has 1 atom stereocenters. The van der Waals surface area contributed by atoms with E-state index < -0.39 is 17.5 Å². The minimum absolute atomic E-state index is 0.307. The molecule has 2 aromatic heterocycles. The van der Waals surface area contributed by atoms with E-state index in [0.717, 1.165) is 29.6 Å². The molecule has 0 radical (unpaired) electrons. The number of hydrogen-bond acceptors (Lipinski definition) is 5. The molecule has 162 valence electrons. The predicted molar refractivity (Wildman–Crippen MR) is 119 cm³/mol. The molecule has 4 aromatic rings. The Hall–Kier alpha value is -3.94. The number of aromatic nitrogens is 4. The minimum atomic E-state index is -1.31. The maximum absolute atomic E-state index is 13.3. The van der Waals surface area contributed by atoms with E-state index in [4.69, 9.17) is 4.74 Å². The Balaban J connectivity index is 1.39. The lowest BCUT2D eigenvalue weighted by atomic mass is 9.89. The van der Waals surface area contributed by atoms with E-state index in [1.165, 1.54) is 0 Å². The summed E-state index contributed by atoms with van der Waals surface area (Å²) in [6, 6.07) is 15.0. The maximum atomic E-state index is 13.3. The molecular formula is C24H23N5O3. The third-order valence-corrected chi connectivity index (χ3v) is 5.80. The van der Waals surface area contributed by atoms with Crippen molar-refractivity contribution in [1.82, 2.24) is 19.1 Å². The number of carbonyl (C=O) groups is 2. The first-order valence-corrected chi connectivity index (χ1v) is 10.6. The third-order valence-electron chi connectivity index (χ3n) is 5.80. The highest BCUT2D eigenvalue weighted by Crippen LogP contribution is 2.30. The summed E-state index contributed by atoms with van der Waals surface area (Å²) in [4.78, 5) is 34.5. The summed E-state index contributed by atoms with van der Waals surface area (Å²) in [5.41, 5.74) is 1.72. The molecule has 0 saturated heterocycles. The summed E-state index contributed by atoms with van der Waals surface area (Å²) in [7, 11) is 0. The van der Waals surface area contributed by atoms with E-state index in [2.05, 4.69) is 15.3 Å². The smallest absolute Gasteiger partial charge is 0.339 e. The number of hydrogen-bond donors (Lipinski definition) is 1. The van der Waals surface area contributed by atoms with Gasteiger partial charge in [0, 0.05) is 31.9 Å². The molecule has 0 fully saturated rings. The molecule has 1 aliphatic heterocycles. The number of ether oxygens (including phenoxy) is 1. The summed E-state index contributed by atoms with van der Waals surface area (Å²) in [5.74, 6) is -0.442. The third kappa shape index (κ3) is 3.64. The van der Waals surface area contributed by atoms with Crippen molar-refractivity contribution < 1.29 is 14.3 Å². The lowest BCUT2D eigenvalue weighted by Gasteiger charge is -2.32. The van der Waals surface area contributed by atoms with Crippen LogP contribution in [-0.2, 0) is 29.0 Å². The average molecular weight is 429 g/mol. The van der Waals surface area contributed by atoms with Crippen molar-refractivity contribution in [1.29, 1.82) is 0 Å². The Morgan fingerprint density at radius 1 is 1.16 bits per heavy atom. The van der Waals surface area contributed by atoms with Crippen LogP contribution in [0.25, 0.3) is 11.0 Å². The highest BCUT2D eigenvalue weighted by molar-refractivity contribution is 6.02. The van der Waals surface area contributed by atoms with E-state index in [0.29, 0.717) is 24.5 Å². The molecule has 2 aromatic carbocycles. The lowest BCUT2D eigenvalue weighted by Crippen LogP contribution is -2.49. The number of imidazole rings is 2. The number of amides is 1. The molecule has 0 spiro atoms. The van der Waals surface area contributed by atoms with Crippen molar-refractivity contribution in [2.24, 2.45) is 0 Å². The number of anilines is 1. The summed E-state index contributed by atoms with van der Waals surface area (Å²) < 4.78 is 9.58. The van der Waals surface area contributed by atoms with Crippen LogP contribution in [0.4, 0.5) is 5.95 Å². The molecule has 8 heteroatoms. The summed E-state index contributed by atoms with van der Waals surface area (Å²) in [5, 5.41) is 2.92. The van der Waals surface area contributed by atoms with Crippen LogP contribution in [0.5, 0.6) is 0 Å². The van der Waals surface area contributed by atoms with E-state index in [1.54, 1.807) is 31.6 Å². The normalized spacial score (nSPS) is 17.7. The molecule has 0 aliphatic carbocycles. The van der Waals surface area contributed by atoms with Crippen molar-refractivity contribution in [3.05, 3.63) is 78.4 Å². The van der Waals surface area contributed by atoms with Gasteiger partial charge < -0.3 is 13.9 Å². The zero-order valence-corrected chi connectivity index (χ0v) is 17.7. The number of para-hydroxylation sites is 2. The Labute approximate surface area is 184 Å². The summed E-state index contributed by atoms with van der Waals surface area (Å²) in [6.45, 7) is 3.10. The van der Waals surface area contributed by atoms with Crippen molar-refractivity contribution in [2.45, 2.75) is 38.5 Å². The average Bonchev–Trinajstić information content (AvgIpc) is 3.42. The fourth-order valence-electron chi connectivity index (χ4n) is 4.12. The number of fused-ring (bicyclic) bond motifs is 2. The molecule has 1 unspecified atom stereocenters. The Bertz CT molecular complexity index is 1290. The van der Waals surface area contributed by atoms with Gasteiger partial charge in [-0.15, -0.1) is 0 Å². The standard InChI is InChI=1S/C24H23N5O3/c1-24(15-17-7-2-3-8-18(17)21(30)32-24)22(31)27-23-26-19-9-4-5-10-20(19)29(23)13-6-12-28-14-11-25-16-28/h2-5,7-11,14,16H,6,12-13,15H2,1H3,(H,26,27,31). The lowest BCUT2D eigenvalue weighted by molar-refractivity contribution is -0.134. The number of cyclic esters (lactones) is 1.